The highest BCUT2D eigenvalue weighted by atomic mass is 32.2. The van der Waals surface area contributed by atoms with Crippen molar-refractivity contribution in [2.75, 3.05) is 11.9 Å². The average molecular weight is 432 g/mol. The fourth-order valence-corrected chi connectivity index (χ4v) is 3.72. The highest BCUT2D eigenvalue weighted by molar-refractivity contribution is 8.00. The summed E-state index contributed by atoms with van der Waals surface area (Å²) in [6.07, 6.45) is -0.447. The number of fused-ring (bicyclic) bond motifs is 1. The Morgan fingerprint density at radius 2 is 2.00 bits per heavy atom. The van der Waals surface area contributed by atoms with Crippen molar-refractivity contribution in [3.63, 3.8) is 0 Å². The molecule has 30 heavy (non-hydrogen) atoms. The molecule has 0 saturated heterocycles. The highest BCUT2D eigenvalue weighted by Gasteiger charge is 2.28. The standard InChI is InChI=1S/C20H18F2N4O3S/c1-11(19(27)23-14-9-12(21)7-8-13(14)22)30-20-25-24-18(26(20)2)17-10-28-15-5-3-4-6-16(15)29-17/h3-9,11,17H,10H2,1-2H3,(H,23,27). The van der Waals surface area contributed by atoms with E-state index in [9.17, 15) is 13.6 Å². The largest absolute Gasteiger partial charge is 0.485 e. The van der Waals surface area contributed by atoms with Gasteiger partial charge in [0.1, 0.15) is 18.2 Å². The van der Waals surface area contributed by atoms with Gasteiger partial charge in [-0.05, 0) is 31.2 Å². The molecule has 2 aromatic carbocycles. The molecule has 0 radical (unpaired) electrons. The normalized spacial score (nSPS) is 16.2. The zero-order chi connectivity index (χ0) is 21.3. The van der Waals surface area contributed by atoms with Gasteiger partial charge in [0.15, 0.2) is 28.6 Å². The quantitative estimate of drug-likeness (QED) is 0.619. The molecule has 7 nitrogen and oxygen atoms in total. The Hall–Kier alpha value is -3.14. The van der Waals surface area contributed by atoms with Gasteiger partial charge >= 0.3 is 0 Å². The Balaban J connectivity index is 1.44. The van der Waals surface area contributed by atoms with Crippen molar-refractivity contribution in [3.8, 4) is 11.5 Å². The van der Waals surface area contributed by atoms with Crippen LogP contribution in [-0.4, -0.2) is 32.5 Å². The van der Waals surface area contributed by atoms with Crippen molar-refractivity contribution in [2.24, 2.45) is 7.05 Å². The Kier molecular flexibility index (Phi) is 5.58. The number of ether oxygens (including phenoxy) is 2. The van der Waals surface area contributed by atoms with Crippen LogP contribution >= 0.6 is 11.8 Å². The maximum absolute atomic E-state index is 13.8. The molecule has 1 aliphatic rings. The molecular formula is C20H18F2N4O3S. The van der Waals surface area contributed by atoms with E-state index >= 15 is 0 Å². The van der Waals surface area contributed by atoms with E-state index in [4.69, 9.17) is 9.47 Å². The molecule has 3 aromatic rings. The first kappa shape index (κ1) is 20.1. The van der Waals surface area contributed by atoms with Gasteiger partial charge < -0.3 is 19.4 Å². The van der Waals surface area contributed by atoms with Crippen molar-refractivity contribution in [2.45, 2.75) is 23.4 Å². The number of carbonyl (C=O) groups is 1. The minimum Gasteiger partial charge on any atom is -0.485 e. The summed E-state index contributed by atoms with van der Waals surface area (Å²) in [5.74, 6) is 0.00562. The van der Waals surface area contributed by atoms with E-state index in [1.54, 1.807) is 18.5 Å². The number of hydrogen-bond acceptors (Lipinski definition) is 6. The number of anilines is 1. The number of carbonyl (C=O) groups excluding carboxylic acids is 1. The molecule has 4 rings (SSSR count). The number of nitrogens with zero attached hydrogens (tertiary/aromatic N) is 3. The molecule has 1 aliphatic heterocycles. The maximum atomic E-state index is 13.8. The number of rotatable bonds is 5. The summed E-state index contributed by atoms with van der Waals surface area (Å²) >= 11 is 1.14. The Morgan fingerprint density at radius 3 is 2.80 bits per heavy atom. The lowest BCUT2D eigenvalue weighted by molar-refractivity contribution is -0.115. The van der Waals surface area contributed by atoms with Crippen LogP contribution in [0, 0.1) is 11.6 Å². The molecule has 1 aromatic heterocycles. The summed E-state index contributed by atoms with van der Waals surface area (Å²) in [6.45, 7) is 1.92. The van der Waals surface area contributed by atoms with E-state index in [-0.39, 0.29) is 12.3 Å². The van der Waals surface area contributed by atoms with Crippen molar-refractivity contribution in [1.29, 1.82) is 0 Å². The van der Waals surface area contributed by atoms with Gasteiger partial charge in [-0.1, -0.05) is 23.9 Å². The second-order valence-electron chi connectivity index (χ2n) is 6.64. The van der Waals surface area contributed by atoms with E-state index in [1.807, 2.05) is 24.3 Å². The summed E-state index contributed by atoms with van der Waals surface area (Å²) in [4.78, 5) is 12.4. The van der Waals surface area contributed by atoms with E-state index in [1.165, 1.54) is 0 Å². The molecule has 1 amide bonds. The van der Waals surface area contributed by atoms with Crippen LogP contribution in [-0.2, 0) is 11.8 Å². The fourth-order valence-electron chi connectivity index (χ4n) is 2.90. The highest BCUT2D eigenvalue weighted by Crippen LogP contribution is 2.36. The SMILES string of the molecule is CC(Sc1nnc(C2COc3ccccc3O2)n1C)C(=O)Nc1cc(F)ccc1F. The number of hydrogen-bond donors (Lipinski definition) is 1. The Bertz CT molecular complexity index is 1090. The third-order valence-corrected chi connectivity index (χ3v) is 5.64. The van der Waals surface area contributed by atoms with Crippen LogP contribution in [0.25, 0.3) is 0 Å². The van der Waals surface area contributed by atoms with Gasteiger partial charge in [0.2, 0.25) is 5.91 Å². The van der Waals surface area contributed by atoms with E-state index < -0.39 is 28.9 Å². The van der Waals surface area contributed by atoms with Crippen LogP contribution in [0.5, 0.6) is 11.5 Å². The minimum atomic E-state index is -0.711. The van der Waals surface area contributed by atoms with Crippen molar-refractivity contribution in [3.05, 3.63) is 59.9 Å². The molecule has 0 aliphatic carbocycles. The van der Waals surface area contributed by atoms with Gasteiger partial charge in [0, 0.05) is 13.1 Å². The molecular weight excluding hydrogens is 414 g/mol. The van der Waals surface area contributed by atoms with E-state index in [0.29, 0.717) is 22.5 Å². The van der Waals surface area contributed by atoms with Crippen molar-refractivity contribution < 1.29 is 23.0 Å². The summed E-state index contributed by atoms with van der Waals surface area (Å²) in [7, 11) is 1.76. The molecule has 10 heteroatoms. The van der Waals surface area contributed by atoms with Gasteiger partial charge in [0.05, 0.1) is 10.9 Å². The summed E-state index contributed by atoms with van der Waals surface area (Å²) < 4.78 is 40.5. The van der Waals surface area contributed by atoms with Crippen LogP contribution < -0.4 is 14.8 Å². The van der Waals surface area contributed by atoms with Crippen molar-refractivity contribution in [1.82, 2.24) is 14.8 Å². The predicted molar refractivity (Wildman–Crippen MR) is 107 cm³/mol. The Labute approximate surface area is 175 Å². The van der Waals surface area contributed by atoms with Gasteiger partial charge in [-0.15, -0.1) is 10.2 Å². The third-order valence-electron chi connectivity index (χ3n) is 4.50. The summed E-state index contributed by atoms with van der Waals surface area (Å²) in [6, 6.07) is 10.2. The van der Waals surface area contributed by atoms with Crippen LogP contribution in [0.4, 0.5) is 14.5 Å². The molecule has 2 atom stereocenters. The van der Waals surface area contributed by atoms with Crippen LogP contribution in [0.1, 0.15) is 18.9 Å². The maximum Gasteiger partial charge on any atom is 0.237 e. The zero-order valence-corrected chi connectivity index (χ0v) is 17.0. The lowest BCUT2D eigenvalue weighted by atomic mass is 10.2. The van der Waals surface area contributed by atoms with Gasteiger partial charge in [-0.2, -0.15) is 0 Å². The first-order chi connectivity index (χ1) is 14.4. The number of halogens is 2. The van der Waals surface area contributed by atoms with E-state index in [0.717, 1.165) is 30.0 Å². The molecule has 0 bridgehead atoms. The monoisotopic (exact) mass is 432 g/mol. The van der Waals surface area contributed by atoms with Crippen LogP contribution in [0.3, 0.4) is 0 Å². The Morgan fingerprint density at radius 1 is 1.23 bits per heavy atom. The van der Waals surface area contributed by atoms with Gasteiger partial charge in [-0.3, -0.25) is 4.79 Å². The number of benzene rings is 2. The van der Waals surface area contributed by atoms with Gasteiger partial charge in [-0.25, -0.2) is 8.78 Å². The lowest BCUT2D eigenvalue weighted by Gasteiger charge is -2.25. The van der Waals surface area contributed by atoms with Crippen LogP contribution in [0.15, 0.2) is 47.6 Å². The summed E-state index contributed by atoms with van der Waals surface area (Å²) in [5, 5.41) is 10.6. The molecule has 156 valence electrons. The number of thioether (sulfide) groups is 1. The van der Waals surface area contributed by atoms with Crippen molar-refractivity contribution >= 4 is 23.4 Å². The third kappa shape index (κ3) is 4.09. The van der Waals surface area contributed by atoms with Gasteiger partial charge in [0.25, 0.3) is 0 Å². The van der Waals surface area contributed by atoms with E-state index in [2.05, 4.69) is 15.5 Å². The average Bonchev–Trinajstić information content (AvgIpc) is 3.10. The fraction of sp³-hybridized carbons (Fsp3) is 0.250. The molecule has 2 unspecified atom stereocenters. The molecule has 0 fully saturated rings. The van der Waals surface area contributed by atoms with Crippen LogP contribution in [0.2, 0.25) is 0 Å². The molecule has 0 saturated carbocycles. The molecule has 2 heterocycles. The second-order valence-corrected chi connectivity index (χ2v) is 7.95. The topological polar surface area (TPSA) is 78.3 Å². The zero-order valence-electron chi connectivity index (χ0n) is 16.1. The molecule has 1 N–H and O–H groups in total. The minimum absolute atomic E-state index is 0.211. The number of amides is 1. The molecule has 0 spiro atoms. The smallest absolute Gasteiger partial charge is 0.237 e. The number of nitrogens with one attached hydrogen (secondary N) is 1. The number of para-hydroxylation sites is 2. The first-order valence-electron chi connectivity index (χ1n) is 9.12. The lowest BCUT2D eigenvalue weighted by Crippen LogP contribution is -2.25. The predicted octanol–water partition coefficient (Wildman–Crippen LogP) is 3.73. The second kappa shape index (κ2) is 8.31. The number of aromatic nitrogens is 3. The summed E-state index contributed by atoms with van der Waals surface area (Å²) in [5.41, 5.74) is -0.211. The first-order valence-corrected chi connectivity index (χ1v) is 10.0.